The van der Waals surface area contributed by atoms with Crippen LogP contribution in [0, 0.1) is 0 Å². The smallest absolute Gasteiger partial charge is 0.405 e. The second kappa shape index (κ2) is 13.1. The van der Waals surface area contributed by atoms with E-state index < -0.39 is 28.3 Å². The van der Waals surface area contributed by atoms with Gasteiger partial charge in [-0.2, -0.15) is 8.42 Å². The SMILES string of the molecule is COCCOc1ccc(-c2csc(NC(=O)C(CCCCNS(N)(=O)=O)NC(=O)O)n2)cc1. The molecule has 6 N–H and O–H groups in total. The van der Waals surface area contributed by atoms with Crippen molar-refractivity contribution in [1.29, 1.82) is 0 Å². The molecule has 2 rings (SSSR count). The van der Waals surface area contributed by atoms with Crippen molar-refractivity contribution in [3.05, 3.63) is 29.6 Å². The number of aromatic nitrogens is 1. The Morgan fingerprint density at radius 3 is 2.58 bits per heavy atom. The maximum atomic E-state index is 12.6. The van der Waals surface area contributed by atoms with Gasteiger partial charge in [-0.1, -0.05) is 0 Å². The number of thiazole rings is 1. The largest absolute Gasteiger partial charge is 0.491 e. The first-order chi connectivity index (χ1) is 15.7. The van der Waals surface area contributed by atoms with Crippen molar-refractivity contribution in [2.45, 2.75) is 25.3 Å². The second-order valence-corrected chi connectivity index (χ2v) is 9.07. The zero-order valence-electron chi connectivity index (χ0n) is 17.9. The topological polar surface area (TPSA) is 182 Å². The van der Waals surface area contributed by atoms with E-state index in [2.05, 4.69) is 20.3 Å². The van der Waals surface area contributed by atoms with Crippen LogP contribution in [0.1, 0.15) is 19.3 Å². The van der Waals surface area contributed by atoms with Crippen molar-refractivity contribution in [3.63, 3.8) is 0 Å². The number of anilines is 1. The minimum absolute atomic E-state index is 0.0896. The van der Waals surface area contributed by atoms with Crippen molar-refractivity contribution >= 4 is 38.7 Å². The Bertz CT molecular complexity index is 1010. The van der Waals surface area contributed by atoms with E-state index in [0.29, 0.717) is 42.6 Å². The molecule has 12 nitrogen and oxygen atoms in total. The zero-order valence-corrected chi connectivity index (χ0v) is 19.6. The molecule has 1 unspecified atom stereocenters. The van der Waals surface area contributed by atoms with Crippen LogP contribution in [0.4, 0.5) is 9.93 Å². The number of nitrogens with zero attached hydrogens (tertiary/aromatic N) is 1. The van der Waals surface area contributed by atoms with Gasteiger partial charge < -0.3 is 25.2 Å². The maximum Gasteiger partial charge on any atom is 0.405 e. The van der Waals surface area contributed by atoms with E-state index in [4.69, 9.17) is 19.7 Å². The monoisotopic (exact) mass is 501 g/mol. The predicted octanol–water partition coefficient (Wildman–Crippen LogP) is 1.37. The highest BCUT2D eigenvalue weighted by molar-refractivity contribution is 7.87. The molecular formula is C19H27N5O7S2. The molecule has 1 aromatic heterocycles. The lowest BCUT2D eigenvalue weighted by Gasteiger charge is -2.15. The Balaban J connectivity index is 1.92. The van der Waals surface area contributed by atoms with E-state index in [1.807, 2.05) is 12.1 Å². The van der Waals surface area contributed by atoms with Crippen LogP contribution in [0.15, 0.2) is 29.6 Å². The van der Waals surface area contributed by atoms with Crippen LogP contribution in [0.5, 0.6) is 5.75 Å². The second-order valence-electron chi connectivity index (χ2n) is 6.83. The number of nitrogens with two attached hydrogens (primary N) is 1. The van der Waals surface area contributed by atoms with Crippen molar-refractivity contribution in [2.24, 2.45) is 5.14 Å². The van der Waals surface area contributed by atoms with E-state index in [1.165, 1.54) is 11.3 Å². The van der Waals surface area contributed by atoms with Crippen molar-refractivity contribution in [1.82, 2.24) is 15.0 Å². The van der Waals surface area contributed by atoms with Gasteiger partial charge in [0.25, 0.3) is 10.2 Å². The number of hydrogen-bond acceptors (Lipinski definition) is 8. The van der Waals surface area contributed by atoms with Crippen LogP contribution in [0.25, 0.3) is 11.3 Å². The molecule has 2 aromatic rings. The molecule has 33 heavy (non-hydrogen) atoms. The summed E-state index contributed by atoms with van der Waals surface area (Å²) in [7, 11) is -2.19. The summed E-state index contributed by atoms with van der Waals surface area (Å²) in [5.74, 6) is 0.140. The summed E-state index contributed by atoms with van der Waals surface area (Å²) in [6.07, 6.45) is -0.394. The lowest BCUT2D eigenvalue weighted by molar-refractivity contribution is -0.118. The van der Waals surface area contributed by atoms with E-state index >= 15 is 0 Å². The Labute approximate surface area is 195 Å². The number of benzene rings is 1. The number of hydrogen-bond donors (Lipinski definition) is 5. The number of rotatable bonds is 14. The van der Waals surface area contributed by atoms with Crippen molar-refractivity contribution in [3.8, 4) is 17.0 Å². The molecule has 14 heteroatoms. The molecule has 2 amide bonds. The molecule has 0 radical (unpaired) electrons. The van der Waals surface area contributed by atoms with Gasteiger partial charge in [-0.15, -0.1) is 11.3 Å². The number of carboxylic acid groups (broad SMARTS) is 1. The van der Waals surface area contributed by atoms with Gasteiger partial charge in [0.2, 0.25) is 5.91 Å². The lowest BCUT2D eigenvalue weighted by atomic mass is 10.1. The fourth-order valence-corrected chi connectivity index (χ4v) is 3.88. The molecule has 0 aliphatic heterocycles. The molecule has 0 saturated heterocycles. The van der Waals surface area contributed by atoms with Gasteiger partial charge in [-0.05, 0) is 43.5 Å². The van der Waals surface area contributed by atoms with Crippen LogP contribution in [0.3, 0.4) is 0 Å². The minimum Gasteiger partial charge on any atom is -0.491 e. The zero-order chi connectivity index (χ0) is 24.3. The number of amides is 2. The van der Waals surface area contributed by atoms with E-state index in [-0.39, 0.29) is 13.0 Å². The van der Waals surface area contributed by atoms with Gasteiger partial charge in [0.05, 0.1) is 12.3 Å². The molecule has 1 atom stereocenters. The first-order valence-corrected chi connectivity index (χ1v) is 12.4. The number of ether oxygens (including phenoxy) is 2. The van der Waals surface area contributed by atoms with Gasteiger partial charge in [0.15, 0.2) is 5.13 Å². The number of methoxy groups -OCH3 is 1. The molecule has 182 valence electrons. The van der Waals surface area contributed by atoms with Crippen LogP contribution in [-0.4, -0.2) is 63.4 Å². The van der Waals surface area contributed by atoms with E-state index in [9.17, 15) is 18.0 Å². The molecule has 0 fully saturated rings. The highest BCUT2D eigenvalue weighted by Crippen LogP contribution is 2.26. The van der Waals surface area contributed by atoms with Gasteiger partial charge in [0, 0.05) is 24.6 Å². The van der Waals surface area contributed by atoms with Crippen LogP contribution >= 0.6 is 11.3 Å². The molecule has 0 aliphatic rings. The van der Waals surface area contributed by atoms with Gasteiger partial charge in [0.1, 0.15) is 18.4 Å². The normalized spacial score (nSPS) is 12.2. The van der Waals surface area contributed by atoms with Gasteiger partial charge >= 0.3 is 6.09 Å². The third-order valence-corrected chi connectivity index (χ3v) is 5.64. The third-order valence-electron chi connectivity index (χ3n) is 4.28. The van der Waals surface area contributed by atoms with Crippen LogP contribution in [0.2, 0.25) is 0 Å². The molecule has 1 aromatic carbocycles. The number of unbranched alkanes of at least 4 members (excludes halogenated alkanes) is 1. The Morgan fingerprint density at radius 1 is 1.21 bits per heavy atom. The van der Waals surface area contributed by atoms with Crippen LogP contribution < -0.4 is 25.2 Å². The highest BCUT2D eigenvalue weighted by Gasteiger charge is 2.21. The number of carbonyl (C=O) groups is 2. The third kappa shape index (κ3) is 10.1. The molecule has 0 aliphatic carbocycles. The standard InChI is InChI=1S/C19H27N5O7S2/c1-30-10-11-31-14-7-5-13(6-8-14)16-12-32-18(22-16)24-17(25)15(23-19(26)27)4-2-3-9-21-33(20,28)29/h5-8,12,15,21,23H,2-4,9-11H2,1H3,(H,26,27)(H2,20,28,29)(H,22,24,25). The summed E-state index contributed by atoms with van der Waals surface area (Å²) in [4.78, 5) is 28.0. The summed E-state index contributed by atoms with van der Waals surface area (Å²) in [6, 6.07) is 6.27. The fourth-order valence-electron chi connectivity index (χ4n) is 2.73. The first-order valence-electron chi connectivity index (χ1n) is 9.93. The molecule has 0 saturated carbocycles. The quantitative estimate of drug-likeness (QED) is 0.240. The van der Waals surface area contributed by atoms with Gasteiger partial charge in [-0.3, -0.25) is 4.79 Å². The molecule has 1 heterocycles. The first kappa shape index (κ1) is 26.5. The average molecular weight is 502 g/mol. The van der Waals surface area contributed by atoms with Crippen molar-refractivity contribution < 1.29 is 32.6 Å². The number of carbonyl (C=O) groups excluding carboxylic acids is 1. The van der Waals surface area contributed by atoms with Crippen LogP contribution in [-0.2, 0) is 19.7 Å². The average Bonchev–Trinajstić information content (AvgIpc) is 3.20. The maximum absolute atomic E-state index is 12.6. The summed E-state index contributed by atoms with van der Waals surface area (Å²) >= 11 is 1.21. The Hall–Kier alpha value is -2.78. The fraction of sp³-hybridized carbons (Fsp3) is 0.421. The highest BCUT2D eigenvalue weighted by atomic mass is 32.2. The summed E-state index contributed by atoms with van der Waals surface area (Å²) in [5, 5.41) is 20.8. The predicted molar refractivity (Wildman–Crippen MR) is 123 cm³/mol. The molecule has 0 bridgehead atoms. The lowest BCUT2D eigenvalue weighted by Crippen LogP contribution is -2.43. The van der Waals surface area contributed by atoms with E-state index in [1.54, 1.807) is 24.6 Å². The van der Waals surface area contributed by atoms with Gasteiger partial charge in [-0.25, -0.2) is 19.6 Å². The summed E-state index contributed by atoms with van der Waals surface area (Å²) in [6.45, 7) is 1.02. The summed E-state index contributed by atoms with van der Waals surface area (Å²) < 4.78 is 34.3. The Kier molecular flexibility index (Phi) is 10.5. The number of nitrogens with one attached hydrogen (secondary N) is 3. The minimum atomic E-state index is -3.79. The summed E-state index contributed by atoms with van der Waals surface area (Å²) in [5.41, 5.74) is 1.48. The van der Waals surface area contributed by atoms with Crippen molar-refractivity contribution in [2.75, 3.05) is 32.2 Å². The van der Waals surface area contributed by atoms with E-state index in [0.717, 1.165) is 5.56 Å². The molecule has 0 spiro atoms. The Morgan fingerprint density at radius 2 is 1.94 bits per heavy atom. The molecular weight excluding hydrogens is 474 g/mol.